The van der Waals surface area contributed by atoms with Crippen LogP contribution in [-0.2, 0) is 17.8 Å². The van der Waals surface area contributed by atoms with Crippen LogP contribution in [0, 0.1) is 11.7 Å². The van der Waals surface area contributed by atoms with Gasteiger partial charge in [-0.25, -0.2) is 4.39 Å². The number of nitrogens with one attached hydrogen (secondary N) is 1. The van der Waals surface area contributed by atoms with Crippen molar-refractivity contribution in [3.05, 3.63) is 102 Å². The lowest BCUT2D eigenvalue weighted by atomic mass is 9.87. The molecule has 1 amide bonds. The predicted molar refractivity (Wildman–Crippen MR) is 120 cm³/mol. The third kappa shape index (κ3) is 5.76. The van der Waals surface area contributed by atoms with E-state index < -0.39 is 0 Å². The second-order valence-electron chi connectivity index (χ2n) is 8.17. The highest BCUT2D eigenvalue weighted by Crippen LogP contribution is 2.30. The number of pyridine rings is 1. The fraction of sp³-hybridized carbons (Fsp3) is 0.308. The minimum Gasteiger partial charge on any atom is -0.347 e. The van der Waals surface area contributed by atoms with Crippen LogP contribution in [0.25, 0.3) is 0 Å². The van der Waals surface area contributed by atoms with Crippen LogP contribution < -0.4 is 5.32 Å². The lowest BCUT2D eigenvalue weighted by molar-refractivity contribution is -0.121. The summed E-state index contributed by atoms with van der Waals surface area (Å²) in [5.41, 5.74) is 2.63. The van der Waals surface area contributed by atoms with E-state index in [2.05, 4.69) is 15.2 Å². The molecule has 4 rings (SSSR count). The number of carbonyl (C=O) groups excluding carboxylic acids is 1. The minimum atomic E-state index is -0.149. The number of hydrogen-bond acceptors (Lipinski definition) is 3. The average Bonchev–Trinajstić information content (AvgIpc) is 2.81. The first-order chi connectivity index (χ1) is 15.2. The molecule has 1 aromatic heterocycles. The molecule has 1 aliphatic rings. The number of aromatic nitrogens is 1. The van der Waals surface area contributed by atoms with Gasteiger partial charge in [0, 0.05) is 18.3 Å². The Morgan fingerprint density at radius 1 is 1.00 bits per heavy atom. The molecule has 1 atom stereocenters. The van der Waals surface area contributed by atoms with Crippen molar-refractivity contribution in [1.29, 1.82) is 0 Å². The van der Waals surface area contributed by atoms with E-state index in [0.717, 1.165) is 42.8 Å². The van der Waals surface area contributed by atoms with Gasteiger partial charge in [0.15, 0.2) is 0 Å². The molecule has 160 valence electrons. The van der Waals surface area contributed by atoms with Gasteiger partial charge in [0.1, 0.15) is 5.82 Å². The third-order valence-corrected chi connectivity index (χ3v) is 5.99. The van der Waals surface area contributed by atoms with Crippen molar-refractivity contribution in [3.63, 3.8) is 0 Å². The number of likely N-dealkylation sites (tertiary alicyclic amines) is 1. The van der Waals surface area contributed by atoms with E-state index in [-0.39, 0.29) is 17.8 Å². The number of carbonyl (C=O) groups is 1. The van der Waals surface area contributed by atoms with Gasteiger partial charge in [0.2, 0.25) is 5.91 Å². The summed E-state index contributed by atoms with van der Waals surface area (Å²) in [4.78, 5) is 19.6. The highest BCUT2D eigenvalue weighted by molar-refractivity contribution is 5.79. The smallest absolute Gasteiger partial charge is 0.224 e. The van der Waals surface area contributed by atoms with E-state index >= 15 is 0 Å². The first-order valence-corrected chi connectivity index (χ1v) is 10.9. The van der Waals surface area contributed by atoms with Crippen molar-refractivity contribution in [2.24, 2.45) is 5.92 Å². The number of amides is 1. The normalized spacial score (nSPS) is 16.0. The standard InChI is InChI=1S/C26H28FN3O/c27-23-11-5-4-10-22(23)19-30-16-13-21(14-17-30)26(24-12-6-7-15-28-24)29-25(31)18-20-8-2-1-3-9-20/h1-12,15,21,26H,13-14,16-19H2,(H,29,31)/t26-/m0/s1. The maximum atomic E-state index is 14.0. The van der Waals surface area contributed by atoms with Crippen LogP contribution in [-0.4, -0.2) is 28.9 Å². The zero-order valence-electron chi connectivity index (χ0n) is 17.6. The zero-order valence-corrected chi connectivity index (χ0v) is 17.6. The Labute approximate surface area is 183 Å². The largest absolute Gasteiger partial charge is 0.347 e. The fourth-order valence-corrected chi connectivity index (χ4v) is 4.31. The molecule has 31 heavy (non-hydrogen) atoms. The summed E-state index contributed by atoms with van der Waals surface area (Å²) in [5.74, 6) is 0.159. The number of benzene rings is 2. The molecule has 1 fully saturated rings. The van der Waals surface area contributed by atoms with Gasteiger partial charge >= 0.3 is 0 Å². The number of hydrogen-bond donors (Lipinski definition) is 1. The van der Waals surface area contributed by atoms with E-state index in [9.17, 15) is 9.18 Å². The fourth-order valence-electron chi connectivity index (χ4n) is 4.31. The Balaban J connectivity index is 1.40. The molecule has 0 bridgehead atoms. The molecule has 5 heteroatoms. The number of halogens is 1. The van der Waals surface area contributed by atoms with Crippen LogP contribution in [0.4, 0.5) is 4.39 Å². The monoisotopic (exact) mass is 417 g/mol. The second-order valence-corrected chi connectivity index (χ2v) is 8.17. The Hall–Kier alpha value is -3.05. The van der Waals surface area contributed by atoms with Gasteiger partial charge < -0.3 is 5.32 Å². The molecular formula is C26H28FN3O. The molecule has 0 unspecified atom stereocenters. The maximum absolute atomic E-state index is 14.0. The Bertz CT molecular complexity index is 972. The van der Waals surface area contributed by atoms with Crippen LogP contribution in [0.1, 0.15) is 35.7 Å². The van der Waals surface area contributed by atoms with E-state index in [1.807, 2.05) is 60.7 Å². The van der Waals surface area contributed by atoms with Gasteiger partial charge in [0.25, 0.3) is 0 Å². The molecule has 0 spiro atoms. The molecule has 1 saturated heterocycles. The topological polar surface area (TPSA) is 45.2 Å². The average molecular weight is 418 g/mol. The van der Waals surface area contributed by atoms with Crippen LogP contribution in [0.2, 0.25) is 0 Å². The molecule has 1 N–H and O–H groups in total. The first-order valence-electron chi connectivity index (χ1n) is 10.9. The van der Waals surface area contributed by atoms with Gasteiger partial charge in [-0.3, -0.25) is 14.7 Å². The number of piperidine rings is 1. The summed E-state index contributed by atoms with van der Waals surface area (Å²) in [7, 11) is 0. The van der Waals surface area contributed by atoms with Crippen LogP contribution in [0.5, 0.6) is 0 Å². The summed E-state index contributed by atoms with van der Waals surface area (Å²) in [6.45, 7) is 2.36. The summed E-state index contributed by atoms with van der Waals surface area (Å²) in [5, 5.41) is 3.25. The lowest BCUT2D eigenvalue weighted by Crippen LogP contribution is -2.41. The molecule has 2 heterocycles. The Morgan fingerprint density at radius 2 is 1.71 bits per heavy atom. The van der Waals surface area contributed by atoms with Crippen LogP contribution in [0.15, 0.2) is 79.0 Å². The summed E-state index contributed by atoms with van der Waals surface area (Å²) < 4.78 is 14.0. The molecule has 0 radical (unpaired) electrons. The third-order valence-electron chi connectivity index (χ3n) is 5.99. The highest BCUT2D eigenvalue weighted by atomic mass is 19.1. The summed E-state index contributed by atoms with van der Waals surface area (Å²) in [6.07, 6.45) is 4.00. The number of nitrogens with zero attached hydrogens (tertiary/aromatic N) is 2. The molecule has 0 saturated carbocycles. The zero-order chi connectivity index (χ0) is 21.5. The van der Waals surface area contributed by atoms with Crippen molar-refractivity contribution < 1.29 is 9.18 Å². The van der Waals surface area contributed by atoms with E-state index in [4.69, 9.17) is 0 Å². The maximum Gasteiger partial charge on any atom is 0.224 e. The summed E-state index contributed by atoms with van der Waals surface area (Å²) >= 11 is 0. The quantitative estimate of drug-likeness (QED) is 0.614. The van der Waals surface area contributed by atoms with Crippen molar-refractivity contribution in [3.8, 4) is 0 Å². The van der Waals surface area contributed by atoms with Gasteiger partial charge in [-0.1, -0.05) is 54.6 Å². The lowest BCUT2D eigenvalue weighted by Gasteiger charge is -2.36. The molecular weight excluding hydrogens is 389 g/mol. The Kier molecular flexibility index (Phi) is 7.05. The van der Waals surface area contributed by atoms with E-state index in [0.29, 0.717) is 18.9 Å². The van der Waals surface area contributed by atoms with Crippen molar-refractivity contribution in [2.45, 2.75) is 31.8 Å². The molecule has 2 aromatic carbocycles. The first kappa shape index (κ1) is 21.2. The molecule has 1 aliphatic heterocycles. The van der Waals surface area contributed by atoms with Gasteiger partial charge in [-0.05, 0) is 55.6 Å². The van der Waals surface area contributed by atoms with Gasteiger partial charge in [-0.2, -0.15) is 0 Å². The second kappa shape index (κ2) is 10.3. The van der Waals surface area contributed by atoms with Gasteiger partial charge in [-0.15, -0.1) is 0 Å². The highest BCUT2D eigenvalue weighted by Gasteiger charge is 2.30. The van der Waals surface area contributed by atoms with Crippen LogP contribution >= 0.6 is 0 Å². The van der Waals surface area contributed by atoms with E-state index in [1.165, 1.54) is 6.07 Å². The van der Waals surface area contributed by atoms with Crippen molar-refractivity contribution in [2.75, 3.05) is 13.1 Å². The molecule has 0 aliphatic carbocycles. The predicted octanol–water partition coefficient (Wildman–Crippen LogP) is 4.53. The summed E-state index contributed by atoms with van der Waals surface area (Å²) in [6, 6.07) is 22.5. The SMILES string of the molecule is O=C(Cc1ccccc1)N[C@H](c1ccccn1)C1CCN(Cc2ccccc2F)CC1. The van der Waals surface area contributed by atoms with Crippen molar-refractivity contribution in [1.82, 2.24) is 15.2 Å². The number of rotatable bonds is 7. The van der Waals surface area contributed by atoms with E-state index in [1.54, 1.807) is 12.3 Å². The molecule has 4 nitrogen and oxygen atoms in total. The van der Waals surface area contributed by atoms with Crippen LogP contribution in [0.3, 0.4) is 0 Å². The van der Waals surface area contributed by atoms with Gasteiger partial charge in [0.05, 0.1) is 18.2 Å². The molecule has 3 aromatic rings. The minimum absolute atomic E-state index is 0.00985. The van der Waals surface area contributed by atoms with Crippen molar-refractivity contribution >= 4 is 5.91 Å². The Morgan fingerprint density at radius 3 is 2.42 bits per heavy atom.